The molecule has 0 bridgehead atoms. The number of nitrogen functional groups attached to an aromatic ring is 1. The summed E-state index contributed by atoms with van der Waals surface area (Å²) in [5, 5.41) is 2.45. The van der Waals surface area contributed by atoms with E-state index in [0.717, 1.165) is 6.07 Å². The van der Waals surface area contributed by atoms with Crippen LogP contribution in [-0.2, 0) is 20.7 Å². The van der Waals surface area contributed by atoms with E-state index in [9.17, 15) is 14.0 Å². The van der Waals surface area contributed by atoms with Crippen molar-refractivity contribution in [2.75, 3.05) is 5.73 Å². The Labute approximate surface area is 147 Å². The van der Waals surface area contributed by atoms with Gasteiger partial charge in [-0.05, 0) is 59.2 Å². The van der Waals surface area contributed by atoms with Gasteiger partial charge in [0.25, 0.3) is 0 Å². The number of carbonyl (C=O) groups excluding carboxylic acids is 2. The zero-order valence-electron chi connectivity index (χ0n) is 15.6. The first-order valence-electron chi connectivity index (χ1n) is 8.03. The number of hydrogen-bond donors (Lipinski definition) is 2. The van der Waals surface area contributed by atoms with Crippen molar-refractivity contribution in [1.29, 1.82) is 0 Å². The summed E-state index contributed by atoms with van der Waals surface area (Å²) >= 11 is 0. The molecule has 140 valence electrons. The summed E-state index contributed by atoms with van der Waals surface area (Å²) in [6.45, 7) is 10.2. The highest BCUT2D eigenvalue weighted by molar-refractivity contribution is 5.82. The highest BCUT2D eigenvalue weighted by Crippen LogP contribution is 2.17. The molecule has 6 nitrogen and oxygen atoms in total. The summed E-state index contributed by atoms with van der Waals surface area (Å²) in [4.78, 5) is 24.4. The second-order valence-electron chi connectivity index (χ2n) is 7.79. The third-order valence-corrected chi connectivity index (χ3v) is 2.88. The van der Waals surface area contributed by atoms with Gasteiger partial charge in [-0.1, -0.05) is 6.07 Å². The number of esters is 1. The van der Waals surface area contributed by atoms with Crippen molar-refractivity contribution >= 4 is 17.7 Å². The zero-order valence-corrected chi connectivity index (χ0v) is 15.6. The molecule has 1 atom stereocenters. The summed E-state index contributed by atoms with van der Waals surface area (Å²) in [5.41, 5.74) is 4.57. The van der Waals surface area contributed by atoms with Crippen LogP contribution in [0, 0.1) is 5.82 Å². The number of nitrogens with two attached hydrogens (primary N) is 1. The average Bonchev–Trinajstić information content (AvgIpc) is 2.36. The number of halogens is 1. The number of ether oxygens (including phenoxy) is 2. The Morgan fingerprint density at radius 1 is 1.12 bits per heavy atom. The van der Waals surface area contributed by atoms with Gasteiger partial charge in [-0.25, -0.2) is 14.0 Å². The van der Waals surface area contributed by atoms with Crippen LogP contribution in [0.2, 0.25) is 0 Å². The lowest BCUT2D eigenvalue weighted by atomic mass is 10.0. The summed E-state index contributed by atoms with van der Waals surface area (Å²) in [5.74, 6) is -1.23. The molecule has 0 saturated heterocycles. The average molecular weight is 354 g/mol. The Morgan fingerprint density at radius 3 is 2.16 bits per heavy atom. The van der Waals surface area contributed by atoms with Crippen molar-refractivity contribution in [3.63, 3.8) is 0 Å². The smallest absolute Gasteiger partial charge is 0.408 e. The topological polar surface area (TPSA) is 90.6 Å². The van der Waals surface area contributed by atoms with Gasteiger partial charge in [0.15, 0.2) is 0 Å². The fraction of sp³-hybridized carbons (Fsp3) is 0.556. The van der Waals surface area contributed by atoms with Crippen molar-refractivity contribution < 1.29 is 23.5 Å². The Morgan fingerprint density at radius 2 is 1.68 bits per heavy atom. The number of carbonyl (C=O) groups is 2. The van der Waals surface area contributed by atoms with E-state index in [0.29, 0.717) is 0 Å². The van der Waals surface area contributed by atoms with Crippen molar-refractivity contribution in [2.45, 2.75) is 65.2 Å². The molecule has 1 aromatic carbocycles. The second-order valence-corrected chi connectivity index (χ2v) is 7.79. The van der Waals surface area contributed by atoms with E-state index >= 15 is 0 Å². The molecular weight excluding hydrogens is 327 g/mol. The number of rotatable bonds is 4. The fourth-order valence-corrected chi connectivity index (χ4v) is 1.97. The molecule has 1 rings (SSSR count). The Kier molecular flexibility index (Phi) is 6.40. The van der Waals surface area contributed by atoms with Crippen molar-refractivity contribution in [3.8, 4) is 0 Å². The first-order chi connectivity index (χ1) is 11.3. The highest BCUT2D eigenvalue weighted by Gasteiger charge is 2.29. The fourth-order valence-electron chi connectivity index (χ4n) is 1.97. The molecule has 1 aromatic rings. The van der Waals surface area contributed by atoms with Gasteiger partial charge in [0.1, 0.15) is 23.1 Å². The van der Waals surface area contributed by atoms with E-state index in [1.807, 2.05) is 0 Å². The van der Waals surface area contributed by atoms with Crippen molar-refractivity contribution in [1.82, 2.24) is 5.32 Å². The largest absolute Gasteiger partial charge is 0.458 e. The van der Waals surface area contributed by atoms with Crippen LogP contribution in [-0.4, -0.2) is 29.3 Å². The second kappa shape index (κ2) is 7.72. The monoisotopic (exact) mass is 354 g/mol. The van der Waals surface area contributed by atoms with E-state index in [-0.39, 0.29) is 17.7 Å². The van der Waals surface area contributed by atoms with Gasteiger partial charge in [-0.3, -0.25) is 0 Å². The Bertz CT molecular complexity index is 633. The minimum absolute atomic E-state index is 0.0831. The van der Waals surface area contributed by atoms with Crippen molar-refractivity contribution in [3.05, 3.63) is 29.6 Å². The number of amides is 1. The minimum Gasteiger partial charge on any atom is -0.458 e. The first-order valence-corrected chi connectivity index (χ1v) is 8.03. The van der Waals surface area contributed by atoms with Gasteiger partial charge in [0, 0.05) is 12.1 Å². The highest BCUT2D eigenvalue weighted by atomic mass is 19.1. The molecule has 0 aromatic heterocycles. The Balaban J connectivity index is 2.98. The number of benzene rings is 1. The zero-order chi connectivity index (χ0) is 19.4. The lowest BCUT2D eigenvalue weighted by Crippen LogP contribution is -2.47. The van der Waals surface area contributed by atoms with Crippen LogP contribution in [0.1, 0.15) is 47.1 Å². The summed E-state index contributed by atoms with van der Waals surface area (Å²) in [6, 6.07) is 3.07. The summed E-state index contributed by atoms with van der Waals surface area (Å²) < 4.78 is 24.5. The molecular formula is C18H27FN2O4. The number of nitrogens with one attached hydrogen (secondary N) is 1. The van der Waals surface area contributed by atoms with Gasteiger partial charge >= 0.3 is 12.1 Å². The van der Waals surface area contributed by atoms with Crippen LogP contribution in [0.3, 0.4) is 0 Å². The van der Waals surface area contributed by atoms with Crippen LogP contribution < -0.4 is 11.1 Å². The molecule has 0 radical (unpaired) electrons. The summed E-state index contributed by atoms with van der Waals surface area (Å²) in [6.07, 6.45) is -0.862. The number of anilines is 1. The molecule has 0 unspecified atom stereocenters. The van der Waals surface area contributed by atoms with Crippen LogP contribution in [0.5, 0.6) is 0 Å². The van der Waals surface area contributed by atoms with E-state index in [1.54, 1.807) is 41.5 Å². The molecule has 7 heteroatoms. The number of hydrogen-bond acceptors (Lipinski definition) is 5. The minimum atomic E-state index is -1.09. The molecule has 1 amide bonds. The quantitative estimate of drug-likeness (QED) is 0.640. The lowest BCUT2D eigenvalue weighted by molar-refractivity contribution is -0.157. The number of alkyl carbamates (subject to hydrolysis) is 1. The van der Waals surface area contributed by atoms with Crippen LogP contribution in [0.4, 0.5) is 14.9 Å². The van der Waals surface area contributed by atoms with Crippen LogP contribution in [0.25, 0.3) is 0 Å². The van der Waals surface area contributed by atoms with Gasteiger partial charge < -0.3 is 20.5 Å². The maximum Gasteiger partial charge on any atom is 0.408 e. The van der Waals surface area contributed by atoms with E-state index < -0.39 is 35.1 Å². The maximum atomic E-state index is 14.0. The normalized spacial score (nSPS) is 13.1. The van der Waals surface area contributed by atoms with Gasteiger partial charge in [0.05, 0.1) is 0 Å². The van der Waals surface area contributed by atoms with Gasteiger partial charge in [0.2, 0.25) is 0 Å². The maximum absolute atomic E-state index is 14.0. The third-order valence-electron chi connectivity index (χ3n) is 2.88. The van der Waals surface area contributed by atoms with E-state index in [1.165, 1.54) is 12.1 Å². The third kappa shape index (κ3) is 7.87. The Hall–Kier alpha value is -2.31. The van der Waals surface area contributed by atoms with Gasteiger partial charge in [-0.15, -0.1) is 0 Å². The lowest BCUT2D eigenvalue weighted by Gasteiger charge is -2.26. The predicted molar refractivity (Wildman–Crippen MR) is 93.5 cm³/mol. The molecule has 0 saturated carbocycles. The predicted octanol–water partition coefficient (Wildman–Crippen LogP) is 3.19. The van der Waals surface area contributed by atoms with Crippen molar-refractivity contribution in [2.24, 2.45) is 0 Å². The molecule has 0 aliphatic heterocycles. The molecule has 0 heterocycles. The molecule has 0 aliphatic carbocycles. The van der Waals surface area contributed by atoms with E-state index in [2.05, 4.69) is 5.32 Å². The molecule has 3 N–H and O–H groups in total. The first kappa shape index (κ1) is 20.7. The standard InChI is InChI=1S/C18H27FN2O4/c1-17(2,3)24-15(22)14(21-16(23)25-18(4,5)6)9-11-7-8-12(20)10-13(11)19/h7-8,10,14H,9,20H2,1-6H3,(H,21,23)/t14-/m0/s1. The summed E-state index contributed by atoms with van der Waals surface area (Å²) in [7, 11) is 0. The van der Waals surface area contributed by atoms with Gasteiger partial charge in [-0.2, -0.15) is 0 Å². The SMILES string of the molecule is CC(C)(C)OC(=O)N[C@@H](Cc1ccc(N)cc1F)C(=O)OC(C)(C)C. The van der Waals surface area contributed by atoms with Crippen LogP contribution >= 0.6 is 0 Å². The van der Waals surface area contributed by atoms with E-state index in [4.69, 9.17) is 15.2 Å². The molecule has 0 aliphatic rings. The molecule has 25 heavy (non-hydrogen) atoms. The van der Waals surface area contributed by atoms with Crippen LogP contribution in [0.15, 0.2) is 18.2 Å². The molecule has 0 spiro atoms. The molecule has 0 fully saturated rings.